The van der Waals surface area contributed by atoms with Gasteiger partial charge in [-0.3, -0.25) is 0 Å². The third kappa shape index (κ3) is 11.1. The van der Waals surface area contributed by atoms with Crippen LogP contribution in [-0.2, 0) is 10.8 Å². The second-order valence-electron chi connectivity index (χ2n) is 16.4. The Labute approximate surface area is 354 Å². The van der Waals surface area contributed by atoms with E-state index in [-0.39, 0.29) is 56.8 Å². The molecule has 0 bridgehead atoms. The van der Waals surface area contributed by atoms with Gasteiger partial charge in [-0.1, -0.05) is 134 Å². The maximum absolute atomic E-state index is 9.85. The number of hydrogen-bond donors (Lipinski definition) is 8. The Morgan fingerprint density at radius 1 is 0.267 bits per heavy atom. The Morgan fingerprint density at radius 3 is 0.650 bits per heavy atom. The summed E-state index contributed by atoms with van der Waals surface area (Å²) in [5, 5.41) is 77.6. The Balaban J connectivity index is 0.000000168. The van der Waals surface area contributed by atoms with E-state index in [2.05, 4.69) is 76.2 Å². The molecule has 8 nitrogen and oxygen atoms in total. The molecule has 2 aliphatic carbocycles. The third-order valence-corrected chi connectivity index (χ3v) is 12.0. The summed E-state index contributed by atoms with van der Waals surface area (Å²) in [5.74, 6) is -1.08. The van der Waals surface area contributed by atoms with Gasteiger partial charge in [0.05, 0.1) is 0 Å². The molecule has 316 valence electrons. The highest BCUT2D eigenvalue weighted by atomic mass is 16.3. The SMILES string of the molecule is Cc1ccc(C)cc1.Cc1ccc(C)cc1.Oc1ccc(C2(c3ccc(O)c(O)c3)CCCCC2)cc1O.Oc1ccc(C2(c3ccc(O)c(O)c3)CCCCC2)cc1O. The van der Waals surface area contributed by atoms with E-state index in [1.807, 2.05) is 24.3 Å². The van der Waals surface area contributed by atoms with Gasteiger partial charge in [-0.05, 0) is 124 Å². The molecule has 8 N–H and O–H groups in total. The van der Waals surface area contributed by atoms with Gasteiger partial charge in [0.2, 0.25) is 0 Å². The predicted octanol–water partition coefficient (Wildman–Crippen LogP) is 12.1. The van der Waals surface area contributed by atoms with E-state index in [1.165, 1.54) is 46.5 Å². The van der Waals surface area contributed by atoms with Crippen LogP contribution < -0.4 is 0 Å². The Morgan fingerprint density at radius 2 is 0.467 bits per heavy atom. The van der Waals surface area contributed by atoms with Crippen molar-refractivity contribution in [3.63, 3.8) is 0 Å². The minimum absolute atomic E-state index is 0.134. The number of hydrogen-bond acceptors (Lipinski definition) is 8. The highest BCUT2D eigenvalue weighted by Gasteiger charge is 2.38. The summed E-state index contributed by atoms with van der Waals surface area (Å²) < 4.78 is 0. The number of rotatable bonds is 4. The number of benzene rings is 6. The number of aromatic hydroxyl groups is 8. The first kappa shape index (κ1) is 44.8. The van der Waals surface area contributed by atoms with Crippen LogP contribution in [0, 0.1) is 27.7 Å². The normalized spacial score (nSPS) is 15.1. The molecule has 0 unspecified atom stereocenters. The Bertz CT molecular complexity index is 1990. The number of aryl methyl sites for hydroxylation is 4. The van der Waals surface area contributed by atoms with Gasteiger partial charge in [-0.25, -0.2) is 0 Å². The van der Waals surface area contributed by atoms with Crippen LogP contribution in [0.25, 0.3) is 0 Å². The molecule has 0 atom stereocenters. The largest absolute Gasteiger partial charge is 0.504 e. The lowest BCUT2D eigenvalue weighted by Crippen LogP contribution is -2.30. The van der Waals surface area contributed by atoms with Crippen molar-refractivity contribution < 1.29 is 40.9 Å². The fraction of sp³-hybridized carbons (Fsp3) is 0.308. The summed E-state index contributed by atoms with van der Waals surface area (Å²) in [6, 6.07) is 36.7. The summed E-state index contributed by atoms with van der Waals surface area (Å²) in [4.78, 5) is 0. The molecule has 0 saturated heterocycles. The van der Waals surface area contributed by atoms with E-state index < -0.39 is 0 Å². The lowest BCUT2D eigenvalue weighted by molar-refractivity contribution is 0.339. The van der Waals surface area contributed by atoms with Crippen LogP contribution in [0.2, 0.25) is 0 Å². The van der Waals surface area contributed by atoms with Crippen molar-refractivity contribution in [2.24, 2.45) is 0 Å². The molecule has 0 heterocycles. The zero-order valence-corrected chi connectivity index (χ0v) is 35.2. The maximum Gasteiger partial charge on any atom is 0.157 e. The van der Waals surface area contributed by atoms with Gasteiger partial charge in [0.25, 0.3) is 0 Å². The standard InChI is InChI=1S/2C18H20O4.2C8H10/c2*19-14-6-4-12(10-16(14)21)18(8-2-1-3-9-18)13-5-7-15(20)17(22)11-13;2*1-7-3-5-8(2)6-4-7/h2*4-7,10-11,19-22H,1-3,8-9H2;2*3-6H,1-2H3. The molecule has 0 amide bonds. The summed E-state index contributed by atoms with van der Waals surface area (Å²) in [6.45, 7) is 8.39. The molecule has 2 saturated carbocycles. The van der Waals surface area contributed by atoms with Crippen LogP contribution in [0.5, 0.6) is 46.0 Å². The van der Waals surface area contributed by atoms with E-state index in [0.717, 1.165) is 86.5 Å². The smallest absolute Gasteiger partial charge is 0.157 e. The Kier molecular flexibility index (Phi) is 15.0. The number of phenolic OH excluding ortho intramolecular Hbond substituents is 8. The number of phenols is 8. The Hall–Kier alpha value is -6.28. The van der Waals surface area contributed by atoms with Gasteiger partial charge >= 0.3 is 0 Å². The second-order valence-corrected chi connectivity index (χ2v) is 16.4. The molecule has 0 radical (unpaired) electrons. The summed E-state index contributed by atoms with van der Waals surface area (Å²) in [6.07, 6.45) is 10.2. The molecule has 8 rings (SSSR count). The van der Waals surface area contributed by atoms with Crippen LogP contribution in [0.1, 0.15) is 109 Å². The second kappa shape index (κ2) is 20.1. The fourth-order valence-electron chi connectivity index (χ4n) is 8.36. The monoisotopic (exact) mass is 812 g/mol. The molecule has 0 spiro atoms. The summed E-state index contributed by atoms with van der Waals surface area (Å²) >= 11 is 0. The minimum atomic E-state index is -0.311. The van der Waals surface area contributed by atoms with E-state index in [4.69, 9.17) is 0 Å². The molecule has 60 heavy (non-hydrogen) atoms. The molecular weight excluding hydrogens is 753 g/mol. The molecule has 6 aromatic carbocycles. The highest BCUT2D eigenvalue weighted by molar-refractivity contribution is 5.53. The summed E-state index contributed by atoms with van der Waals surface area (Å²) in [5.41, 5.74) is 8.39. The van der Waals surface area contributed by atoms with Crippen molar-refractivity contribution in [2.45, 2.75) is 103 Å². The van der Waals surface area contributed by atoms with E-state index in [9.17, 15) is 40.9 Å². The first-order valence-corrected chi connectivity index (χ1v) is 20.8. The van der Waals surface area contributed by atoms with E-state index in [1.54, 1.807) is 24.3 Å². The molecule has 0 aromatic heterocycles. The van der Waals surface area contributed by atoms with Gasteiger partial charge in [-0.15, -0.1) is 0 Å². The third-order valence-electron chi connectivity index (χ3n) is 12.0. The zero-order chi connectivity index (χ0) is 43.5. The first-order chi connectivity index (χ1) is 28.6. The molecule has 8 heteroatoms. The molecule has 0 aliphatic heterocycles. The van der Waals surface area contributed by atoms with Gasteiger partial charge in [0, 0.05) is 10.8 Å². The molecular formula is C52H60O8. The van der Waals surface area contributed by atoms with Crippen molar-refractivity contribution in [1.82, 2.24) is 0 Å². The quantitative estimate of drug-likeness (QED) is 0.0816. The maximum atomic E-state index is 9.85. The molecule has 2 fully saturated rings. The van der Waals surface area contributed by atoms with E-state index >= 15 is 0 Å². The van der Waals surface area contributed by atoms with Crippen LogP contribution in [-0.4, -0.2) is 40.9 Å². The van der Waals surface area contributed by atoms with E-state index in [0.29, 0.717) is 0 Å². The van der Waals surface area contributed by atoms with Gasteiger partial charge in [0.1, 0.15) is 0 Å². The first-order valence-electron chi connectivity index (χ1n) is 20.8. The highest BCUT2D eigenvalue weighted by Crippen LogP contribution is 2.49. The fourth-order valence-corrected chi connectivity index (χ4v) is 8.36. The van der Waals surface area contributed by atoms with Crippen molar-refractivity contribution >= 4 is 0 Å². The molecule has 2 aliphatic rings. The zero-order valence-electron chi connectivity index (χ0n) is 35.2. The van der Waals surface area contributed by atoms with Crippen LogP contribution in [0.4, 0.5) is 0 Å². The van der Waals surface area contributed by atoms with Crippen molar-refractivity contribution in [3.05, 3.63) is 166 Å². The van der Waals surface area contributed by atoms with Gasteiger partial charge < -0.3 is 40.9 Å². The predicted molar refractivity (Wildman–Crippen MR) is 239 cm³/mol. The van der Waals surface area contributed by atoms with Crippen molar-refractivity contribution in [2.75, 3.05) is 0 Å². The average molecular weight is 813 g/mol. The van der Waals surface area contributed by atoms with Gasteiger partial charge in [0.15, 0.2) is 46.0 Å². The van der Waals surface area contributed by atoms with Crippen LogP contribution in [0.3, 0.4) is 0 Å². The van der Waals surface area contributed by atoms with Crippen molar-refractivity contribution in [3.8, 4) is 46.0 Å². The lowest BCUT2D eigenvalue weighted by atomic mass is 9.65. The van der Waals surface area contributed by atoms with Crippen molar-refractivity contribution in [1.29, 1.82) is 0 Å². The minimum Gasteiger partial charge on any atom is -0.504 e. The lowest BCUT2D eigenvalue weighted by Gasteiger charge is -2.38. The topological polar surface area (TPSA) is 162 Å². The van der Waals surface area contributed by atoms with Crippen LogP contribution >= 0.6 is 0 Å². The molecule has 6 aromatic rings. The summed E-state index contributed by atoms with van der Waals surface area (Å²) in [7, 11) is 0. The average Bonchev–Trinajstić information content (AvgIpc) is 3.25. The van der Waals surface area contributed by atoms with Crippen LogP contribution in [0.15, 0.2) is 121 Å². The van der Waals surface area contributed by atoms with Gasteiger partial charge in [-0.2, -0.15) is 0 Å².